The summed E-state index contributed by atoms with van der Waals surface area (Å²) in [6.07, 6.45) is 0.840. The molecule has 0 fully saturated rings. The van der Waals surface area contributed by atoms with E-state index in [0.29, 0.717) is 23.0 Å². The molecule has 20 heavy (non-hydrogen) atoms. The molecule has 1 amide bonds. The first kappa shape index (κ1) is 16.5. The number of rotatable bonds is 7. The zero-order chi connectivity index (χ0) is 15.1. The van der Waals surface area contributed by atoms with Crippen LogP contribution >= 0.6 is 11.6 Å². The zero-order valence-electron chi connectivity index (χ0n) is 11.7. The summed E-state index contributed by atoms with van der Waals surface area (Å²) in [5.41, 5.74) is 0.521. The zero-order valence-corrected chi connectivity index (χ0v) is 12.5. The van der Waals surface area contributed by atoms with E-state index in [1.807, 2.05) is 13.8 Å². The molecule has 0 aliphatic rings. The molecule has 0 aliphatic carbocycles. The number of halogens is 1. The van der Waals surface area contributed by atoms with Gasteiger partial charge in [-0.3, -0.25) is 9.59 Å². The summed E-state index contributed by atoms with van der Waals surface area (Å²) in [7, 11) is 0. The van der Waals surface area contributed by atoms with Crippen LogP contribution in [0.5, 0.6) is 0 Å². The number of carboxylic acid groups (broad SMARTS) is 1. The fourth-order valence-corrected chi connectivity index (χ4v) is 2.22. The normalized spacial score (nSPS) is 12.2. The fraction of sp³-hybridized carbons (Fsp3) is 0.467. The van der Waals surface area contributed by atoms with E-state index >= 15 is 0 Å². The lowest BCUT2D eigenvalue weighted by Gasteiger charge is -2.17. The van der Waals surface area contributed by atoms with E-state index in [4.69, 9.17) is 16.7 Å². The summed E-state index contributed by atoms with van der Waals surface area (Å²) in [5, 5.41) is 12.2. The van der Waals surface area contributed by atoms with Crippen molar-refractivity contribution in [2.24, 2.45) is 11.8 Å². The number of nitrogens with one attached hydrogen (secondary N) is 1. The van der Waals surface area contributed by atoms with Crippen molar-refractivity contribution in [1.82, 2.24) is 5.32 Å². The average Bonchev–Trinajstić information content (AvgIpc) is 2.35. The topological polar surface area (TPSA) is 66.4 Å². The van der Waals surface area contributed by atoms with E-state index < -0.39 is 5.97 Å². The van der Waals surface area contributed by atoms with Crippen LogP contribution in [0.15, 0.2) is 24.3 Å². The number of carbonyl (C=O) groups excluding carboxylic acids is 1. The van der Waals surface area contributed by atoms with E-state index in [0.717, 1.165) is 6.42 Å². The predicted molar refractivity (Wildman–Crippen MR) is 79.0 cm³/mol. The van der Waals surface area contributed by atoms with Crippen LogP contribution in [-0.4, -0.2) is 23.5 Å². The van der Waals surface area contributed by atoms with Crippen LogP contribution in [0.3, 0.4) is 0 Å². The maximum atomic E-state index is 11.9. The Balaban J connectivity index is 2.55. The first-order valence-corrected chi connectivity index (χ1v) is 7.01. The lowest BCUT2D eigenvalue weighted by molar-refractivity contribution is -0.138. The van der Waals surface area contributed by atoms with E-state index in [9.17, 15) is 9.59 Å². The molecule has 5 heteroatoms. The molecule has 1 rings (SSSR count). The van der Waals surface area contributed by atoms with Gasteiger partial charge in [0, 0.05) is 23.6 Å². The molecule has 1 aromatic carbocycles. The van der Waals surface area contributed by atoms with E-state index in [2.05, 4.69) is 5.32 Å². The molecule has 0 aliphatic heterocycles. The van der Waals surface area contributed by atoms with Crippen LogP contribution in [0.2, 0.25) is 5.02 Å². The van der Waals surface area contributed by atoms with Crippen molar-refractivity contribution in [3.63, 3.8) is 0 Å². The van der Waals surface area contributed by atoms with Crippen molar-refractivity contribution in [3.8, 4) is 0 Å². The van der Waals surface area contributed by atoms with Gasteiger partial charge in [-0.05, 0) is 42.5 Å². The van der Waals surface area contributed by atoms with Crippen molar-refractivity contribution < 1.29 is 14.7 Å². The highest BCUT2D eigenvalue weighted by molar-refractivity contribution is 6.30. The quantitative estimate of drug-likeness (QED) is 0.812. The first-order valence-electron chi connectivity index (χ1n) is 6.64. The first-order chi connectivity index (χ1) is 9.38. The van der Waals surface area contributed by atoms with Crippen LogP contribution in [0.4, 0.5) is 0 Å². The highest BCUT2D eigenvalue weighted by atomic mass is 35.5. The van der Waals surface area contributed by atoms with Gasteiger partial charge in [0.05, 0.1) is 0 Å². The lowest BCUT2D eigenvalue weighted by Crippen LogP contribution is -2.31. The van der Waals surface area contributed by atoms with Gasteiger partial charge < -0.3 is 10.4 Å². The standard InChI is InChI=1S/C15H20ClNO3/c1-10(2)7-11(8-14(18)19)9-17-15(20)12-3-5-13(16)6-4-12/h3-6,10-11H,7-9H2,1-2H3,(H,17,20)(H,18,19). The number of aliphatic carboxylic acids is 1. The van der Waals surface area contributed by atoms with Crippen molar-refractivity contribution in [2.75, 3.05) is 6.54 Å². The van der Waals surface area contributed by atoms with Gasteiger partial charge in [0.25, 0.3) is 5.91 Å². The summed E-state index contributed by atoms with van der Waals surface area (Å²) in [6.45, 7) is 4.44. The molecule has 110 valence electrons. The number of amides is 1. The van der Waals surface area contributed by atoms with Crippen molar-refractivity contribution in [1.29, 1.82) is 0 Å². The molecule has 0 spiro atoms. The molecule has 0 radical (unpaired) electrons. The highest BCUT2D eigenvalue weighted by Gasteiger charge is 2.16. The van der Waals surface area contributed by atoms with Gasteiger partial charge in [0.15, 0.2) is 0 Å². The van der Waals surface area contributed by atoms with Gasteiger partial charge in [-0.15, -0.1) is 0 Å². The number of carbonyl (C=O) groups is 2. The Morgan fingerprint density at radius 2 is 1.85 bits per heavy atom. The molecule has 0 aromatic heterocycles. The second-order valence-corrected chi connectivity index (χ2v) is 5.75. The molecular formula is C15H20ClNO3. The minimum absolute atomic E-state index is 0.0521. The van der Waals surface area contributed by atoms with E-state index in [1.54, 1.807) is 24.3 Å². The molecule has 1 unspecified atom stereocenters. The Morgan fingerprint density at radius 3 is 2.35 bits per heavy atom. The number of hydrogen-bond donors (Lipinski definition) is 2. The van der Waals surface area contributed by atoms with Gasteiger partial charge in [-0.1, -0.05) is 25.4 Å². The van der Waals surface area contributed by atoms with Crippen LogP contribution in [0.1, 0.15) is 37.0 Å². The predicted octanol–water partition coefficient (Wildman–Crippen LogP) is 3.21. The minimum atomic E-state index is -0.837. The maximum absolute atomic E-state index is 11.9. The van der Waals surface area contributed by atoms with Crippen LogP contribution in [0.25, 0.3) is 0 Å². The molecule has 1 aromatic rings. The SMILES string of the molecule is CC(C)CC(CNC(=O)c1ccc(Cl)cc1)CC(=O)O. The minimum Gasteiger partial charge on any atom is -0.481 e. The average molecular weight is 298 g/mol. The summed E-state index contributed by atoms with van der Waals surface area (Å²) in [6, 6.07) is 6.59. The molecule has 0 saturated carbocycles. The van der Waals surface area contributed by atoms with Gasteiger partial charge in [0.1, 0.15) is 0 Å². The molecular weight excluding hydrogens is 278 g/mol. The van der Waals surface area contributed by atoms with E-state index in [1.165, 1.54) is 0 Å². The summed E-state index contributed by atoms with van der Waals surface area (Å²) in [4.78, 5) is 22.7. The monoisotopic (exact) mass is 297 g/mol. The number of hydrogen-bond acceptors (Lipinski definition) is 2. The van der Waals surface area contributed by atoms with E-state index in [-0.39, 0.29) is 18.2 Å². The molecule has 0 saturated heterocycles. The fourth-order valence-electron chi connectivity index (χ4n) is 2.09. The van der Waals surface area contributed by atoms with Crippen LogP contribution in [-0.2, 0) is 4.79 Å². The highest BCUT2D eigenvalue weighted by Crippen LogP contribution is 2.15. The summed E-state index contributed by atoms with van der Waals surface area (Å²) < 4.78 is 0. The Morgan fingerprint density at radius 1 is 1.25 bits per heavy atom. The molecule has 4 nitrogen and oxygen atoms in total. The Hall–Kier alpha value is -1.55. The summed E-state index contributed by atoms with van der Waals surface area (Å²) in [5.74, 6) is -0.701. The van der Waals surface area contributed by atoms with Gasteiger partial charge in [-0.25, -0.2) is 0 Å². The Labute approximate surface area is 124 Å². The third-order valence-corrected chi connectivity index (χ3v) is 3.18. The van der Waals surface area contributed by atoms with Crippen LogP contribution < -0.4 is 5.32 Å². The van der Waals surface area contributed by atoms with Gasteiger partial charge in [0.2, 0.25) is 0 Å². The third-order valence-electron chi connectivity index (χ3n) is 2.93. The molecule has 1 atom stereocenters. The number of carboxylic acids is 1. The third kappa shape index (κ3) is 6.06. The second-order valence-electron chi connectivity index (χ2n) is 5.31. The Kier molecular flexibility index (Phi) is 6.52. The largest absolute Gasteiger partial charge is 0.481 e. The molecule has 0 bridgehead atoms. The lowest BCUT2D eigenvalue weighted by atomic mass is 9.94. The summed E-state index contributed by atoms with van der Waals surface area (Å²) >= 11 is 5.76. The Bertz CT molecular complexity index is 457. The second kappa shape index (κ2) is 7.90. The van der Waals surface area contributed by atoms with Crippen molar-refractivity contribution >= 4 is 23.5 Å². The van der Waals surface area contributed by atoms with Gasteiger partial charge in [-0.2, -0.15) is 0 Å². The maximum Gasteiger partial charge on any atom is 0.303 e. The molecule has 0 heterocycles. The number of benzene rings is 1. The smallest absolute Gasteiger partial charge is 0.303 e. The molecule has 2 N–H and O–H groups in total. The van der Waals surface area contributed by atoms with Crippen LogP contribution in [0, 0.1) is 11.8 Å². The van der Waals surface area contributed by atoms with Gasteiger partial charge >= 0.3 is 5.97 Å². The van der Waals surface area contributed by atoms with Crippen molar-refractivity contribution in [2.45, 2.75) is 26.7 Å². The van der Waals surface area contributed by atoms with Crippen molar-refractivity contribution in [3.05, 3.63) is 34.9 Å².